The molecule has 29 heavy (non-hydrogen) atoms. The van der Waals surface area contributed by atoms with E-state index in [1.54, 1.807) is 24.3 Å². The highest BCUT2D eigenvalue weighted by Gasteiger charge is 2.24. The first kappa shape index (κ1) is 21.0. The Bertz CT molecular complexity index is 951. The zero-order valence-electron chi connectivity index (χ0n) is 17.3. The number of benzene rings is 1. The lowest BCUT2D eigenvalue weighted by Crippen LogP contribution is -2.43. The van der Waals surface area contributed by atoms with E-state index in [1.165, 1.54) is 11.1 Å². The molecule has 156 valence electrons. The number of nitrogens with one attached hydrogen (secondary N) is 1. The van der Waals surface area contributed by atoms with Crippen molar-refractivity contribution in [2.45, 2.75) is 59.0 Å². The first-order chi connectivity index (χ1) is 13.9. The molecule has 3 rings (SSSR count). The Morgan fingerprint density at radius 3 is 2.59 bits per heavy atom. The highest BCUT2D eigenvalue weighted by Crippen LogP contribution is 2.23. The average Bonchev–Trinajstić information content (AvgIpc) is 2.70. The van der Waals surface area contributed by atoms with E-state index in [1.807, 2.05) is 13.8 Å². The van der Waals surface area contributed by atoms with Crippen LogP contribution in [0.4, 0.5) is 0 Å². The fraction of sp³-hybridized carbons (Fsp3) is 0.545. The fourth-order valence-corrected chi connectivity index (χ4v) is 3.83. The van der Waals surface area contributed by atoms with Crippen LogP contribution in [0.2, 0.25) is 0 Å². The molecule has 1 aromatic carbocycles. The quantitative estimate of drug-likeness (QED) is 0.755. The molecule has 2 atom stereocenters. The van der Waals surface area contributed by atoms with Crippen molar-refractivity contribution in [3.05, 3.63) is 40.3 Å². The van der Waals surface area contributed by atoms with Crippen LogP contribution in [0.3, 0.4) is 0 Å². The standard InChI is InChI=1S/C22H29N3O4/c1-14(2)12-25-21(27)17-10-6-5-9-16(17)20(24-25)22(28)29-13-19(26)23-18-11-7-4-8-15(18)3/h5-6,9-10,14-15,18H,4,7-8,11-13H2,1-3H3,(H,23,26)/t15-,18+/m1/s1. The number of fused-ring (bicyclic) bond motifs is 1. The van der Waals surface area contributed by atoms with Crippen LogP contribution in [0.25, 0.3) is 10.8 Å². The van der Waals surface area contributed by atoms with Gasteiger partial charge in [-0.3, -0.25) is 9.59 Å². The van der Waals surface area contributed by atoms with Gasteiger partial charge in [-0.1, -0.05) is 51.8 Å². The van der Waals surface area contributed by atoms with Gasteiger partial charge in [-0.25, -0.2) is 9.48 Å². The number of aromatic nitrogens is 2. The smallest absolute Gasteiger partial charge is 0.359 e. The molecule has 0 unspecified atom stereocenters. The van der Waals surface area contributed by atoms with E-state index in [9.17, 15) is 14.4 Å². The summed E-state index contributed by atoms with van der Waals surface area (Å²) in [6.07, 6.45) is 4.33. The summed E-state index contributed by atoms with van der Waals surface area (Å²) in [4.78, 5) is 37.6. The molecule has 1 aromatic heterocycles. The highest BCUT2D eigenvalue weighted by molar-refractivity contribution is 6.02. The van der Waals surface area contributed by atoms with Gasteiger partial charge in [-0.15, -0.1) is 0 Å². The summed E-state index contributed by atoms with van der Waals surface area (Å²) in [5.41, 5.74) is -0.186. The second kappa shape index (κ2) is 9.20. The lowest BCUT2D eigenvalue weighted by Gasteiger charge is -2.29. The van der Waals surface area contributed by atoms with Gasteiger partial charge in [0.2, 0.25) is 0 Å². The van der Waals surface area contributed by atoms with Crippen LogP contribution in [0.5, 0.6) is 0 Å². The van der Waals surface area contributed by atoms with E-state index < -0.39 is 5.97 Å². The molecule has 1 aliphatic carbocycles. The van der Waals surface area contributed by atoms with E-state index in [4.69, 9.17) is 4.74 Å². The minimum absolute atomic E-state index is 0.0553. The summed E-state index contributed by atoms with van der Waals surface area (Å²) >= 11 is 0. The molecule has 1 fully saturated rings. The van der Waals surface area contributed by atoms with Crippen LogP contribution in [0.15, 0.2) is 29.1 Å². The van der Waals surface area contributed by atoms with Crippen molar-refractivity contribution in [3.63, 3.8) is 0 Å². The Hall–Kier alpha value is -2.70. The summed E-state index contributed by atoms with van der Waals surface area (Å²) in [6.45, 7) is 6.10. The number of hydrogen-bond donors (Lipinski definition) is 1. The summed E-state index contributed by atoms with van der Waals surface area (Å²) in [5, 5.41) is 8.06. The van der Waals surface area contributed by atoms with Gasteiger partial charge >= 0.3 is 5.97 Å². The number of ether oxygens (including phenoxy) is 1. The SMILES string of the molecule is CC(C)Cn1nc(C(=O)OCC(=O)N[C@H]2CCCC[C@H]2C)c2ccccc2c1=O. The molecule has 0 bridgehead atoms. The van der Waals surface area contributed by atoms with Crippen molar-refractivity contribution in [1.29, 1.82) is 0 Å². The van der Waals surface area contributed by atoms with Gasteiger partial charge in [0.25, 0.3) is 11.5 Å². The van der Waals surface area contributed by atoms with E-state index >= 15 is 0 Å². The second-order valence-electron chi connectivity index (χ2n) is 8.29. The fourth-order valence-electron chi connectivity index (χ4n) is 3.83. The molecule has 1 amide bonds. The molecular formula is C22H29N3O4. The van der Waals surface area contributed by atoms with Crippen molar-refractivity contribution in [2.24, 2.45) is 11.8 Å². The van der Waals surface area contributed by atoms with E-state index in [2.05, 4.69) is 17.3 Å². The molecule has 1 heterocycles. The average molecular weight is 399 g/mol. The molecule has 0 radical (unpaired) electrons. The normalized spacial score (nSPS) is 19.3. The van der Waals surface area contributed by atoms with Crippen molar-refractivity contribution >= 4 is 22.6 Å². The molecule has 2 aromatic rings. The first-order valence-corrected chi connectivity index (χ1v) is 10.3. The molecule has 0 spiro atoms. The van der Waals surface area contributed by atoms with Gasteiger partial charge < -0.3 is 10.1 Å². The minimum Gasteiger partial charge on any atom is -0.451 e. The summed E-state index contributed by atoms with van der Waals surface area (Å²) in [5.74, 6) is -0.399. The molecule has 7 heteroatoms. The molecule has 7 nitrogen and oxygen atoms in total. The number of carbonyl (C=O) groups is 2. The van der Waals surface area contributed by atoms with Crippen LogP contribution in [0, 0.1) is 11.8 Å². The van der Waals surface area contributed by atoms with Gasteiger partial charge in [-0.2, -0.15) is 5.10 Å². The van der Waals surface area contributed by atoms with Crippen molar-refractivity contribution < 1.29 is 14.3 Å². The third-order valence-electron chi connectivity index (χ3n) is 5.39. The van der Waals surface area contributed by atoms with Crippen LogP contribution in [-0.4, -0.2) is 34.3 Å². The minimum atomic E-state index is -0.703. The van der Waals surface area contributed by atoms with E-state index in [0.717, 1.165) is 19.3 Å². The Morgan fingerprint density at radius 1 is 1.21 bits per heavy atom. The number of amides is 1. The topological polar surface area (TPSA) is 90.3 Å². The lowest BCUT2D eigenvalue weighted by molar-refractivity contribution is -0.125. The summed E-state index contributed by atoms with van der Waals surface area (Å²) in [6, 6.07) is 6.96. The van der Waals surface area contributed by atoms with Crippen molar-refractivity contribution in [2.75, 3.05) is 6.61 Å². The number of esters is 1. The Balaban J connectivity index is 1.75. The van der Waals surface area contributed by atoms with Gasteiger partial charge in [-0.05, 0) is 30.7 Å². The van der Waals surface area contributed by atoms with E-state index in [-0.39, 0.29) is 35.7 Å². The Morgan fingerprint density at radius 2 is 1.90 bits per heavy atom. The maximum absolute atomic E-state index is 12.7. The lowest BCUT2D eigenvalue weighted by atomic mass is 9.86. The highest BCUT2D eigenvalue weighted by atomic mass is 16.5. The molecule has 0 aliphatic heterocycles. The molecule has 1 aliphatic rings. The van der Waals surface area contributed by atoms with Gasteiger partial charge in [0, 0.05) is 18.0 Å². The maximum Gasteiger partial charge on any atom is 0.359 e. The molecule has 1 saturated carbocycles. The molecule has 1 N–H and O–H groups in total. The zero-order chi connectivity index (χ0) is 21.0. The number of carbonyl (C=O) groups excluding carboxylic acids is 2. The molecule has 0 saturated heterocycles. The first-order valence-electron chi connectivity index (χ1n) is 10.3. The second-order valence-corrected chi connectivity index (χ2v) is 8.29. The van der Waals surface area contributed by atoms with Crippen LogP contribution in [-0.2, 0) is 16.1 Å². The monoisotopic (exact) mass is 399 g/mol. The van der Waals surface area contributed by atoms with Crippen LogP contribution < -0.4 is 10.9 Å². The third kappa shape index (κ3) is 5.02. The van der Waals surface area contributed by atoms with Crippen molar-refractivity contribution in [3.8, 4) is 0 Å². The van der Waals surface area contributed by atoms with Crippen molar-refractivity contribution in [1.82, 2.24) is 15.1 Å². The van der Waals surface area contributed by atoms with Crippen LogP contribution >= 0.6 is 0 Å². The Labute approximate surface area is 170 Å². The Kier molecular flexibility index (Phi) is 6.67. The largest absolute Gasteiger partial charge is 0.451 e. The zero-order valence-corrected chi connectivity index (χ0v) is 17.3. The van der Waals surface area contributed by atoms with E-state index in [0.29, 0.717) is 23.2 Å². The summed E-state index contributed by atoms with van der Waals surface area (Å²) < 4.78 is 6.54. The molecular weight excluding hydrogens is 370 g/mol. The summed E-state index contributed by atoms with van der Waals surface area (Å²) in [7, 11) is 0. The van der Waals surface area contributed by atoms with Gasteiger partial charge in [0.1, 0.15) is 0 Å². The van der Waals surface area contributed by atoms with Gasteiger partial charge in [0.15, 0.2) is 12.3 Å². The van der Waals surface area contributed by atoms with Gasteiger partial charge in [0.05, 0.1) is 5.39 Å². The number of nitrogens with zero attached hydrogens (tertiary/aromatic N) is 2. The predicted molar refractivity (Wildman–Crippen MR) is 111 cm³/mol. The van der Waals surface area contributed by atoms with Crippen LogP contribution in [0.1, 0.15) is 56.9 Å². The third-order valence-corrected chi connectivity index (χ3v) is 5.39. The number of rotatable bonds is 6. The predicted octanol–water partition coefficient (Wildman–Crippen LogP) is 2.90. The maximum atomic E-state index is 12.7. The number of hydrogen-bond acceptors (Lipinski definition) is 5.